The Bertz CT molecular complexity index is 2990. The zero-order valence-corrected chi connectivity index (χ0v) is 46.2. The molecule has 2 unspecified atom stereocenters. The largest absolute Gasteiger partial charge is 0.379 e. The molecule has 2 atom stereocenters. The number of hydrogen-bond donors (Lipinski definition) is 3. The summed E-state index contributed by atoms with van der Waals surface area (Å²) in [5, 5.41) is 28.2. The van der Waals surface area contributed by atoms with Gasteiger partial charge in [-0.25, -0.2) is 4.98 Å². The highest BCUT2D eigenvalue weighted by Crippen LogP contribution is 2.48. The molecule has 8 rings (SSSR count). The molecule has 0 saturated carbocycles. The molecule has 3 aliphatic heterocycles. The highest BCUT2D eigenvalue weighted by molar-refractivity contribution is 6.13. The molecule has 5 amide bonds. The van der Waals surface area contributed by atoms with Gasteiger partial charge in [0.1, 0.15) is 17.9 Å². The van der Waals surface area contributed by atoms with Crippen LogP contribution in [0.1, 0.15) is 92.6 Å². The van der Waals surface area contributed by atoms with E-state index in [1.54, 1.807) is 0 Å². The van der Waals surface area contributed by atoms with Gasteiger partial charge in [0.05, 0.1) is 82.8 Å². The van der Waals surface area contributed by atoms with E-state index in [0.717, 1.165) is 61.9 Å². The average molecular weight is 1110 g/mol. The van der Waals surface area contributed by atoms with Crippen LogP contribution in [0.5, 0.6) is 0 Å². The van der Waals surface area contributed by atoms with Crippen molar-refractivity contribution < 1.29 is 47.7 Å². The number of nitrogens with one attached hydrogen (secondary N) is 3. The molecule has 3 aliphatic rings. The maximum absolute atomic E-state index is 14.2. The van der Waals surface area contributed by atoms with Crippen LogP contribution < -0.4 is 15.5 Å². The molecule has 20 nitrogen and oxygen atoms in total. The second-order valence-electron chi connectivity index (χ2n) is 20.0. The molecule has 20 heteroatoms. The Morgan fingerprint density at radius 1 is 0.642 bits per heavy atom. The van der Waals surface area contributed by atoms with E-state index in [4.69, 9.17) is 34.5 Å². The number of aromatic nitrogens is 1. The summed E-state index contributed by atoms with van der Waals surface area (Å²) in [7, 11) is 0. The number of ether oxygens (including phenoxy) is 4. The summed E-state index contributed by atoms with van der Waals surface area (Å²) in [5.41, 5.74) is 6.81. The molecule has 428 valence electrons. The Morgan fingerprint density at radius 3 is 1.95 bits per heavy atom. The maximum atomic E-state index is 14.2. The molecular weight excluding hydrogens is 1030 g/mol. The van der Waals surface area contributed by atoms with Gasteiger partial charge in [-0.05, 0) is 54.2 Å². The molecule has 3 N–H and O–H groups in total. The van der Waals surface area contributed by atoms with Crippen molar-refractivity contribution in [2.45, 2.75) is 83.3 Å². The number of imide groups is 1. The standard InChI is InChI=1S/C61H74N10O10/c1-2-54(62)68(31-12-19-47-48-16-5-8-20-51(48)65-52-21-9-6-17-49(47)52)32-26-55(73)63-29-34-71-61-50-18-7-10-22-53(50)70(43-44-13-3-4-15-46(44)60(61)66-67-71)57(75)23-11-14-45(72)28-35-78-37-39-80-41-42-81-40-38-79-36-30-64-56(74)27-33-69-58(76)24-25-59(69)77/h3-10,13,15-18,20-22,24-25,60-62H,2,11-12,14,19,23,26-43H2,1H3,(H,63,73)(H,64,74). The third-order valence-electron chi connectivity index (χ3n) is 14.5. The van der Waals surface area contributed by atoms with Crippen LogP contribution in [0.2, 0.25) is 0 Å². The van der Waals surface area contributed by atoms with E-state index < -0.39 is 11.8 Å². The summed E-state index contributed by atoms with van der Waals surface area (Å²) in [6, 6.07) is 31.7. The molecule has 0 bridgehead atoms. The van der Waals surface area contributed by atoms with Crippen LogP contribution in [-0.2, 0) is 60.7 Å². The molecule has 4 aromatic carbocycles. The Morgan fingerprint density at radius 2 is 1.25 bits per heavy atom. The fraction of sp³-hybridized carbons (Fsp3) is 0.443. The number of amides is 5. The summed E-state index contributed by atoms with van der Waals surface area (Å²) < 4.78 is 22.2. The first kappa shape index (κ1) is 59.3. The molecule has 0 aliphatic carbocycles. The first-order valence-corrected chi connectivity index (χ1v) is 28.2. The fourth-order valence-electron chi connectivity index (χ4n) is 10.3. The number of anilines is 1. The van der Waals surface area contributed by atoms with E-state index in [0.29, 0.717) is 104 Å². The summed E-state index contributed by atoms with van der Waals surface area (Å²) >= 11 is 0. The van der Waals surface area contributed by atoms with Gasteiger partial charge in [-0.2, -0.15) is 5.11 Å². The zero-order valence-electron chi connectivity index (χ0n) is 46.2. The Labute approximate surface area is 472 Å². The molecule has 0 fully saturated rings. The van der Waals surface area contributed by atoms with E-state index in [2.05, 4.69) is 28.0 Å². The molecule has 1 aromatic heterocycles. The van der Waals surface area contributed by atoms with Crippen molar-refractivity contribution in [3.05, 3.63) is 131 Å². The van der Waals surface area contributed by atoms with Crippen LogP contribution in [0.25, 0.3) is 21.8 Å². The topological polar surface area (TPSA) is 238 Å². The normalized spacial score (nSPS) is 15.4. The summed E-state index contributed by atoms with van der Waals surface area (Å²) in [6.07, 6.45) is 5.91. The van der Waals surface area contributed by atoms with Crippen LogP contribution in [0, 0.1) is 5.41 Å². The predicted octanol–water partition coefficient (Wildman–Crippen LogP) is 7.16. The van der Waals surface area contributed by atoms with E-state index >= 15 is 0 Å². The number of Topliss-reactive ketones (excluding diaryl/α,β-unsaturated/α-hetero) is 1. The third kappa shape index (κ3) is 16.7. The van der Waals surface area contributed by atoms with Crippen molar-refractivity contribution >= 4 is 68.6 Å². The van der Waals surface area contributed by atoms with Crippen LogP contribution in [0.15, 0.2) is 120 Å². The second-order valence-corrected chi connectivity index (χ2v) is 20.0. The van der Waals surface area contributed by atoms with E-state index in [1.165, 1.54) is 17.7 Å². The number of fused-ring (bicyclic) bond motifs is 7. The SMILES string of the molecule is CCC(=N)N(CCCc1c2ccccc2nc2ccccc12)CCC(=O)NCCN1N=NC2c3ccccc3CN(C(=O)CCCC(=O)CCOCCOCCOCCOCCNC(=O)CCN3C(=O)C=CC3=O)c3ccccc3C21. The van der Waals surface area contributed by atoms with Crippen molar-refractivity contribution in [3.63, 3.8) is 0 Å². The van der Waals surface area contributed by atoms with Gasteiger partial charge in [-0.15, -0.1) is 0 Å². The van der Waals surface area contributed by atoms with Gasteiger partial charge < -0.3 is 39.4 Å². The van der Waals surface area contributed by atoms with Crippen molar-refractivity contribution in [1.82, 2.24) is 30.4 Å². The highest BCUT2D eigenvalue weighted by Gasteiger charge is 2.40. The number of nitrogens with zero attached hydrogens (tertiary/aromatic N) is 7. The quantitative estimate of drug-likeness (QED) is 0.0125. The van der Waals surface area contributed by atoms with Gasteiger partial charge in [-0.1, -0.05) is 91.0 Å². The number of amidine groups is 1. The lowest BCUT2D eigenvalue weighted by Gasteiger charge is -2.35. The fourth-order valence-corrected chi connectivity index (χ4v) is 10.3. The monoisotopic (exact) mass is 1110 g/mol. The molecular formula is C61H74N10O10. The smallest absolute Gasteiger partial charge is 0.253 e. The van der Waals surface area contributed by atoms with Gasteiger partial charge in [-0.3, -0.25) is 44.1 Å². The van der Waals surface area contributed by atoms with Crippen LogP contribution in [0.4, 0.5) is 5.69 Å². The summed E-state index contributed by atoms with van der Waals surface area (Å²) in [6.45, 7) is 7.07. The predicted molar refractivity (Wildman–Crippen MR) is 306 cm³/mol. The first-order chi connectivity index (χ1) is 39.6. The first-order valence-electron chi connectivity index (χ1n) is 28.2. The summed E-state index contributed by atoms with van der Waals surface area (Å²) in [4.78, 5) is 85.3. The Hall–Kier alpha value is -7.78. The highest BCUT2D eigenvalue weighted by atomic mass is 16.6. The number of benzene rings is 4. The molecule has 5 aromatic rings. The number of pyridine rings is 1. The van der Waals surface area contributed by atoms with Crippen LogP contribution in [-0.4, -0.2) is 153 Å². The van der Waals surface area contributed by atoms with Gasteiger partial charge in [0, 0.05) is 105 Å². The number of carbonyl (C=O) groups is 6. The zero-order chi connectivity index (χ0) is 56.8. The van der Waals surface area contributed by atoms with Crippen LogP contribution in [0.3, 0.4) is 0 Å². The van der Waals surface area contributed by atoms with E-state index in [1.807, 2.05) is 107 Å². The lowest BCUT2D eigenvalue weighted by atomic mass is 9.87. The Kier molecular flexibility index (Phi) is 22.5. The van der Waals surface area contributed by atoms with E-state index in [9.17, 15) is 28.8 Å². The lowest BCUT2D eigenvalue weighted by Crippen LogP contribution is -2.39. The molecule has 0 radical (unpaired) electrons. The van der Waals surface area contributed by atoms with E-state index in [-0.39, 0.29) is 80.8 Å². The van der Waals surface area contributed by atoms with Crippen LogP contribution >= 0.6 is 0 Å². The van der Waals surface area contributed by atoms with Gasteiger partial charge in [0.2, 0.25) is 17.7 Å². The van der Waals surface area contributed by atoms with Crippen molar-refractivity contribution in [2.75, 3.05) is 97.0 Å². The minimum Gasteiger partial charge on any atom is -0.379 e. The number of para-hydroxylation sites is 3. The minimum atomic E-state index is -0.415. The lowest BCUT2D eigenvalue weighted by molar-refractivity contribution is -0.137. The number of ketones is 1. The third-order valence-corrected chi connectivity index (χ3v) is 14.5. The Balaban J connectivity index is 0.718. The number of rotatable bonds is 33. The number of hydrogen-bond acceptors (Lipinski definition) is 15. The minimum absolute atomic E-state index is 0.0168. The number of aryl methyl sites for hydroxylation is 1. The van der Waals surface area contributed by atoms with Crippen molar-refractivity contribution in [2.24, 2.45) is 10.3 Å². The van der Waals surface area contributed by atoms with Crippen molar-refractivity contribution in [3.8, 4) is 0 Å². The van der Waals surface area contributed by atoms with Gasteiger partial charge in [0.15, 0.2) is 0 Å². The molecule has 0 saturated heterocycles. The average Bonchev–Trinajstić information content (AvgIpc) is 4.05. The van der Waals surface area contributed by atoms with Gasteiger partial charge in [0.25, 0.3) is 11.8 Å². The van der Waals surface area contributed by atoms with Gasteiger partial charge >= 0.3 is 0 Å². The summed E-state index contributed by atoms with van der Waals surface area (Å²) in [5.74, 6) is -0.780. The molecule has 81 heavy (non-hydrogen) atoms. The second kappa shape index (κ2) is 30.7. The maximum Gasteiger partial charge on any atom is 0.253 e. The molecule has 0 spiro atoms. The molecule has 4 heterocycles. The van der Waals surface area contributed by atoms with Crippen molar-refractivity contribution in [1.29, 1.82) is 5.41 Å². The number of carbonyl (C=O) groups excluding carboxylic acids is 6.